The summed E-state index contributed by atoms with van der Waals surface area (Å²) >= 11 is 0. The number of rotatable bonds is 7. The molecule has 0 fully saturated rings. The molecule has 0 saturated carbocycles. The largest absolute Gasteiger partial charge is 0.496 e. The molecule has 0 saturated heterocycles. The van der Waals surface area contributed by atoms with Crippen molar-refractivity contribution in [3.63, 3.8) is 0 Å². The lowest BCUT2D eigenvalue weighted by molar-refractivity contribution is -0.120. The molecule has 3 N–H and O–H groups in total. The summed E-state index contributed by atoms with van der Waals surface area (Å²) in [5.74, 6) is 1.68. The first-order valence-electron chi connectivity index (χ1n) is 8.20. The molecule has 1 amide bonds. The Morgan fingerprint density at radius 2 is 2.19 bits per heavy atom. The van der Waals surface area contributed by atoms with Crippen LogP contribution in [0, 0.1) is 0 Å². The maximum atomic E-state index is 12.5. The van der Waals surface area contributed by atoms with Gasteiger partial charge in [-0.25, -0.2) is 4.98 Å². The summed E-state index contributed by atoms with van der Waals surface area (Å²) < 4.78 is 10.7. The highest BCUT2D eigenvalue weighted by Gasteiger charge is 2.13. The minimum atomic E-state index is -0.129. The van der Waals surface area contributed by atoms with Crippen molar-refractivity contribution in [2.45, 2.75) is 12.8 Å². The van der Waals surface area contributed by atoms with Gasteiger partial charge in [0.25, 0.3) is 0 Å². The van der Waals surface area contributed by atoms with Gasteiger partial charge in [0.2, 0.25) is 5.91 Å². The molecule has 2 heterocycles. The van der Waals surface area contributed by atoms with Gasteiger partial charge in [0.15, 0.2) is 17.6 Å². The van der Waals surface area contributed by atoms with Crippen LogP contribution in [0.25, 0.3) is 22.2 Å². The molecule has 3 aromatic rings. The minimum Gasteiger partial charge on any atom is -0.496 e. The molecule has 0 aliphatic carbocycles. The first kappa shape index (κ1) is 17.5. The van der Waals surface area contributed by atoms with Gasteiger partial charge in [-0.05, 0) is 12.5 Å². The van der Waals surface area contributed by atoms with Crippen LogP contribution in [0.3, 0.4) is 0 Å². The number of methoxy groups -OCH3 is 1. The summed E-state index contributed by atoms with van der Waals surface area (Å²) in [6.07, 6.45) is 3.98. The average Bonchev–Trinajstić information content (AvgIpc) is 3.18. The number of pyridine rings is 1. The van der Waals surface area contributed by atoms with Gasteiger partial charge in [-0.3, -0.25) is 9.59 Å². The molecule has 1 aromatic carbocycles. The van der Waals surface area contributed by atoms with E-state index in [1.165, 1.54) is 12.5 Å². The third-order valence-corrected chi connectivity index (χ3v) is 4.02. The summed E-state index contributed by atoms with van der Waals surface area (Å²) in [7, 11) is 3.16. The number of benzene rings is 1. The number of anilines is 1. The van der Waals surface area contributed by atoms with Gasteiger partial charge in [-0.2, -0.15) is 0 Å². The first-order valence-corrected chi connectivity index (χ1v) is 8.20. The molecule has 0 radical (unpaired) electrons. The van der Waals surface area contributed by atoms with Crippen LogP contribution in [-0.2, 0) is 4.79 Å². The van der Waals surface area contributed by atoms with E-state index in [1.54, 1.807) is 32.5 Å². The van der Waals surface area contributed by atoms with Crippen LogP contribution in [0.4, 0.5) is 5.82 Å². The fourth-order valence-electron chi connectivity index (χ4n) is 2.68. The molecule has 26 heavy (non-hydrogen) atoms. The number of nitrogens with one attached hydrogen (secondary N) is 3. The van der Waals surface area contributed by atoms with E-state index in [0.29, 0.717) is 53.2 Å². The summed E-state index contributed by atoms with van der Waals surface area (Å²) in [5, 5.41) is 6.23. The summed E-state index contributed by atoms with van der Waals surface area (Å²) in [4.78, 5) is 30.8. The lowest BCUT2D eigenvalue weighted by Gasteiger charge is -2.11. The summed E-state index contributed by atoms with van der Waals surface area (Å²) in [5.41, 5.74) is 1.18. The van der Waals surface area contributed by atoms with Gasteiger partial charge < -0.3 is 24.8 Å². The Kier molecular flexibility index (Phi) is 5.21. The topological polar surface area (TPSA) is 109 Å². The van der Waals surface area contributed by atoms with E-state index < -0.39 is 0 Å². The van der Waals surface area contributed by atoms with Crippen molar-refractivity contribution in [1.29, 1.82) is 0 Å². The van der Waals surface area contributed by atoms with Crippen LogP contribution in [0.1, 0.15) is 12.8 Å². The zero-order valence-corrected chi connectivity index (χ0v) is 14.6. The van der Waals surface area contributed by atoms with Crippen molar-refractivity contribution < 1.29 is 13.9 Å². The van der Waals surface area contributed by atoms with Crippen molar-refractivity contribution >= 4 is 22.6 Å². The standard InChI is InChI=1S/C18H20N4O4/c1-19-18(24)4-3-5-21-17-8-14(23)11-6-12(16-9-20-10-26-16)15(25-2)7-13(11)22-17/h6-10H,3-5H2,1-2H3,(H,19,24)(H2,21,22,23). The number of aromatic nitrogens is 2. The number of carbonyl (C=O) groups excluding carboxylic acids is 1. The Balaban J connectivity index is 1.87. The van der Waals surface area contributed by atoms with Crippen molar-refractivity contribution in [3.05, 3.63) is 41.0 Å². The number of H-pyrrole nitrogens is 1. The highest BCUT2D eigenvalue weighted by Crippen LogP contribution is 2.32. The van der Waals surface area contributed by atoms with E-state index in [9.17, 15) is 9.59 Å². The van der Waals surface area contributed by atoms with E-state index in [1.807, 2.05) is 0 Å². The molecule has 0 spiro atoms. The predicted octanol–water partition coefficient (Wildman–Crippen LogP) is 2.13. The number of aromatic amines is 1. The Bertz CT molecular complexity index is 963. The molecule has 0 aliphatic rings. The molecular weight excluding hydrogens is 336 g/mol. The number of ether oxygens (including phenoxy) is 1. The van der Waals surface area contributed by atoms with Crippen molar-refractivity contribution in [2.75, 3.05) is 26.0 Å². The molecule has 0 aliphatic heterocycles. The molecular formula is C18H20N4O4. The zero-order chi connectivity index (χ0) is 18.5. The van der Waals surface area contributed by atoms with Gasteiger partial charge in [-0.1, -0.05) is 0 Å². The third-order valence-electron chi connectivity index (χ3n) is 4.02. The van der Waals surface area contributed by atoms with Gasteiger partial charge in [0.1, 0.15) is 11.6 Å². The number of hydrogen-bond donors (Lipinski definition) is 3. The number of carbonyl (C=O) groups is 1. The zero-order valence-electron chi connectivity index (χ0n) is 14.6. The molecule has 0 bridgehead atoms. The second-order valence-electron chi connectivity index (χ2n) is 5.71. The number of oxazole rings is 1. The maximum Gasteiger partial charge on any atom is 0.219 e. The minimum absolute atomic E-state index is 0.0107. The summed E-state index contributed by atoms with van der Waals surface area (Å²) in [6, 6.07) is 4.98. The van der Waals surface area contributed by atoms with Crippen LogP contribution in [0.15, 0.2) is 40.0 Å². The Morgan fingerprint density at radius 1 is 1.35 bits per heavy atom. The molecule has 3 rings (SSSR count). The smallest absolute Gasteiger partial charge is 0.219 e. The van der Waals surface area contributed by atoms with Crippen molar-refractivity contribution in [3.8, 4) is 17.1 Å². The van der Waals surface area contributed by atoms with Crippen molar-refractivity contribution in [2.24, 2.45) is 0 Å². The van der Waals surface area contributed by atoms with E-state index in [-0.39, 0.29) is 11.3 Å². The quantitative estimate of drug-likeness (QED) is 0.560. The van der Waals surface area contributed by atoms with E-state index in [4.69, 9.17) is 9.15 Å². The van der Waals surface area contributed by atoms with E-state index in [0.717, 1.165) is 0 Å². The predicted molar refractivity (Wildman–Crippen MR) is 98.4 cm³/mol. The lowest BCUT2D eigenvalue weighted by Crippen LogP contribution is -2.18. The third kappa shape index (κ3) is 3.69. The average molecular weight is 356 g/mol. The van der Waals surface area contributed by atoms with Gasteiger partial charge >= 0.3 is 0 Å². The number of hydrogen-bond acceptors (Lipinski definition) is 6. The molecule has 8 heteroatoms. The highest BCUT2D eigenvalue weighted by molar-refractivity contribution is 5.88. The highest BCUT2D eigenvalue weighted by atomic mass is 16.5. The van der Waals surface area contributed by atoms with Crippen LogP contribution in [0.5, 0.6) is 5.75 Å². The van der Waals surface area contributed by atoms with Crippen LogP contribution < -0.4 is 20.8 Å². The Labute approximate surface area is 149 Å². The molecule has 136 valence electrons. The second-order valence-corrected chi connectivity index (χ2v) is 5.71. The van der Waals surface area contributed by atoms with Gasteiger partial charge in [0, 0.05) is 37.5 Å². The molecule has 0 atom stereocenters. The van der Waals surface area contributed by atoms with Crippen LogP contribution in [0.2, 0.25) is 0 Å². The molecule has 2 aromatic heterocycles. The van der Waals surface area contributed by atoms with E-state index >= 15 is 0 Å². The molecule has 0 unspecified atom stereocenters. The lowest BCUT2D eigenvalue weighted by atomic mass is 10.1. The second kappa shape index (κ2) is 7.73. The Hall–Kier alpha value is -3.29. The SMILES string of the molecule is CNC(=O)CCCNc1cc(=O)c2cc(-c3cnco3)c(OC)cc2[nH]1. The van der Waals surface area contributed by atoms with Crippen LogP contribution >= 0.6 is 0 Å². The summed E-state index contributed by atoms with van der Waals surface area (Å²) in [6.45, 7) is 0.572. The van der Waals surface area contributed by atoms with E-state index in [2.05, 4.69) is 20.6 Å². The number of nitrogens with zero attached hydrogens (tertiary/aromatic N) is 1. The van der Waals surface area contributed by atoms with Crippen molar-refractivity contribution in [1.82, 2.24) is 15.3 Å². The fourth-order valence-corrected chi connectivity index (χ4v) is 2.68. The first-order chi connectivity index (χ1) is 12.6. The van der Waals surface area contributed by atoms with Gasteiger partial charge in [-0.15, -0.1) is 0 Å². The number of amides is 1. The Morgan fingerprint density at radius 3 is 2.88 bits per heavy atom. The molecule has 8 nitrogen and oxygen atoms in total. The van der Waals surface area contributed by atoms with Gasteiger partial charge in [0.05, 0.1) is 24.4 Å². The monoisotopic (exact) mass is 356 g/mol. The van der Waals surface area contributed by atoms with Crippen LogP contribution in [-0.4, -0.2) is 36.6 Å². The fraction of sp³-hybridized carbons (Fsp3) is 0.278. The number of fused-ring (bicyclic) bond motifs is 1. The maximum absolute atomic E-state index is 12.5. The normalized spacial score (nSPS) is 10.7.